The summed E-state index contributed by atoms with van der Waals surface area (Å²) in [4.78, 5) is 39.9. The van der Waals surface area contributed by atoms with E-state index in [1.807, 2.05) is 0 Å². The van der Waals surface area contributed by atoms with Crippen LogP contribution in [0.25, 0.3) is 27.7 Å². The number of benzene rings is 2. The number of ether oxygens (including phenoxy) is 1. The minimum Gasteiger partial charge on any atom is -0.461 e. The van der Waals surface area contributed by atoms with E-state index in [1.165, 1.54) is 12.3 Å². The first-order chi connectivity index (χ1) is 19.5. The van der Waals surface area contributed by atoms with E-state index < -0.39 is 29.2 Å². The van der Waals surface area contributed by atoms with Crippen molar-refractivity contribution in [1.82, 2.24) is 14.9 Å². The van der Waals surface area contributed by atoms with Gasteiger partial charge in [-0.1, -0.05) is 35.0 Å². The number of aromatic nitrogens is 3. The highest BCUT2D eigenvalue weighted by atomic mass is 35.5. The Bertz CT molecular complexity index is 1860. The van der Waals surface area contributed by atoms with E-state index in [4.69, 9.17) is 20.9 Å². The molecule has 0 fully saturated rings. The zero-order valence-electron chi connectivity index (χ0n) is 21.2. The van der Waals surface area contributed by atoms with Crippen LogP contribution in [-0.2, 0) is 10.9 Å². The number of aryl methyl sites for hydroxylation is 1. The fourth-order valence-electron chi connectivity index (χ4n) is 4.10. The van der Waals surface area contributed by atoms with Gasteiger partial charge in [0.25, 0.3) is 11.5 Å². The molecular formula is C27H18ClF3N4O5S. The summed E-state index contributed by atoms with van der Waals surface area (Å²) in [6.07, 6.45) is -4.59. The third-order valence-electron chi connectivity index (χ3n) is 6.01. The number of carbonyl (C=O) groups excluding carboxylic acids is 2. The maximum Gasteiger partial charge on any atom is 0.416 e. The van der Waals surface area contributed by atoms with Crippen LogP contribution in [0.5, 0.6) is 0 Å². The maximum absolute atomic E-state index is 13.6. The predicted octanol–water partition coefficient (Wildman–Crippen LogP) is 6.51. The van der Waals surface area contributed by atoms with E-state index in [2.05, 4.69) is 15.6 Å². The number of thiophene rings is 1. The first-order valence-electron chi connectivity index (χ1n) is 11.9. The van der Waals surface area contributed by atoms with Gasteiger partial charge in [-0.05, 0) is 44.2 Å². The maximum atomic E-state index is 13.6. The monoisotopic (exact) mass is 602 g/mol. The third-order valence-corrected chi connectivity index (χ3v) is 7.23. The molecule has 1 N–H and O–H groups in total. The molecule has 1 amide bonds. The van der Waals surface area contributed by atoms with Gasteiger partial charge in [0.2, 0.25) is 0 Å². The molecule has 5 rings (SSSR count). The first kappa shape index (κ1) is 28.1. The largest absolute Gasteiger partial charge is 0.461 e. The van der Waals surface area contributed by atoms with Crippen molar-refractivity contribution in [3.8, 4) is 16.9 Å². The van der Waals surface area contributed by atoms with Crippen molar-refractivity contribution in [3.05, 3.63) is 91.9 Å². The van der Waals surface area contributed by atoms with Crippen LogP contribution >= 0.6 is 22.9 Å². The molecule has 2 aromatic carbocycles. The van der Waals surface area contributed by atoms with Crippen LogP contribution in [-0.4, -0.2) is 33.4 Å². The number of hydrogen-bond donors (Lipinski definition) is 1. The molecule has 0 aliphatic carbocycles. The molecule has 0 radical (unpaired) electrons. The number of nitrogens with one attached hydrogen (secondary N) is 1. The van der Waals surface area contributed by atoms with E-state index in [0.717, 1.165) is 40.3 Å². The number of halogens is 4. The molecule has 210 valence electrons. The quantitative estimate of drug-likeness (QED) is 0.220. The SMILES string of the molecule is CCOC(=O)c1nn(-c2ccc(C(F)(F)F)cc2)c(=O)c2c(NC(=O)c3c(-c4ccccc4Cl)noc3C)scc12. The Hall–Kier alpha value is -4.49. The number of nitrogens with zero attached hydrogens (tertiary/aromatic N) is 3. The molecule has 0 saturated carbocycles. The van der Waals surface area contributed by atoms with Gasteiger partial charge in [0, 0.05) is 16.3 Å². The van der Waals surface area contributed by atoms with E-state index in [0.29, 0.717) is 10.6 Å². The van der Waals surface area contributed by atoms with Crippen molar-refractivity contribution < 1.29 is 32.0 Å². The Labute approximate surface area is 238 Å². The van der Waals surface area contributed by atoms with Crippen molar-refractivity contribution >= 4 is 50.6 Å². The second kappa shape index (κ2) is 10.8. The molecule has 0 saturated heterocycles. The number of amides is 1. The van der Waals surface area contributed by atoms with Crippen LogP contribution in [0.15, 0.2) is 63.2 Å². The lowest BCUT2D eigenvalue weighted by atomic mass is 10.1. The molecule has 5 aromatic rings. The van der Waals surface area contributed by atoms with E-state index in [1.54, 1.807) is 31.2 Å². The fraction of sp³-hybridized carbons (Fsp3) is 0.148. The van der Waals surface area contributed by atoms with Gasteiger partial charge < -0.3 is 14.6 Å². The van der Waals surface area contributed by atoms with Crippen molar-refractivity contribution in [2.45, 2.75) is 20.0 Å². The normalized spacial score (nSPS) is 11.6. The van der Waals surface area contributed by atoms with Crippen molar-refractivity contribution in [1.29, 1.82) is 0 Å². The number of anilines is 1. The molecule has 3 aromatic heterocycles. The smallest absolute Gasteiger partial charge is 0.416 e. The van der Waals surface area contributed by atoms with E-state index in [9.17, 15) is 27.6 Å². The van der Waals surface area contributed by atoms with Gasteiger partial charge in [0.15, 0.2) is 5.69 Å². The molecule has 14 heteroatoms. The molecule has 9 nitrogen and oxygen atoms in total. The predicted molar refractivity (Wildman–Crippen MR) is 146 cm³/mol. The van der Waals surface area contributed by atoms with Gasteiger partial charge >= 0.3 is 12.1 Å². The molecule has 0 bridgehead atoms. The highest BCUT2D eigenvalue weighted by molar-refractivity contribution is 7.16. The van der Waals surface area contributed by atoms with Gasteiger partial charge in [-0.2, -0.15) is 23.0 Å². The summed E-state index contributed by atoms with van der Waals surface area (Å²) < 4.78 is 50.4. The number of rotatable bonds is 6. The van der Waals surface area contributed by atoms with Gasteiger partial charge in [-0.25, -0.2) is 4.79 Å². The van der Waals surface area contributed by atoms with E-state index in [-0.39, 0.29) is 50.8 Å². The lowest BCUT2D eigenvalue weighted by Crippen LogP contribution is -2.25. The van der Waals surface area contributed by atoms with Crippen LogP contribution in [0.4, 0.5) is 18.2 Å². The third kappa shape index (κ3) is 5.21. The van der Waals surface area contributed by atoms with Gasteiger partial charge in [0.05, 0.1) is 28.3 Å². The summed E-state index contributed by atoms with van der Waals surface area (Å²) in [7, 11) is 0. The molecule has 0 atom stereocenters. The number of hydrogen-bond acceptors (Lipinski definition) is 8. The summed E-state index contributed by atoms with van der Waals surface area (Å²) in [6.45, 7) is 3.13. The molecule has 0 aliphatic heterocycles. The highest BCUT2D eigenvalue weighted by Crippen LogP contribution is 2.35. The Morgan fingerprint density at radius 1 is 1.15 bits per heavy atom. The minimum absolute atomic E-state index is 0.00668. The average Bonchev–Trinajstić information content (AvgIpc) is 3.53. The number of alkyl halides is 3. The molecular weight excluding hydrogens is 585 g/mol. The Kier molecular flexibility index (Phi) is 7.41. The lowest BCUT2D eigenvalue weighted by molar-refractivity contribution is -0.137. The highest BCUT2D eigenvalue weighted by Gasteiger charge is 2.31. The second-order valence-corrected chi connectivity index (χ2v) is 9.87. The van der Waals surface area contributed by atoms with Crippen molar-refractivity contribution in [3.63, 3.8) is 0 Å². The second-order valence-electron chi connectivity index (χ2n) is 8.58. The molecule has 41 heavy (non-hydrogen) atoms. The van der Waals surface area contributed by atoms with Crippen LogP contribution in [0.2, 0.25) is 5.02 Å². The van der Waals surface area contributed by atoms with Crippen molar-refractivity contribution in [2.75, 3.05) is 11.9 Å². The topological polar surface area (TPSA) is 116 Å². The average molecular weight is 603 g/mol. The van der Waals surface area contributed by atoms with Gasteiger partial charge in [-0.3, -0.25) is 9.59 Å². The number of fused-ring (bicyclic) bond motifs is 1. The molecule has 0 unspecified atom stereocenters. The lowest BCUT2D eigenvalue weighted by Gasteiger charge is -2.11. The van der Waals surface area contributed by atoms with Crippen LogP contribution < -0.4 is 10.9 Å². The first-order valence-corrected chi connectivity index (χ1v) is 13.2. The zero-order valence-corrected chi connectivity index (χ0v) is 22.8. The summed E-state index contributed by atoms with van der Waals surface area (Å²) in [6, 6.07) is 10.4. The fourth-order valence-corrected chi connectivity index (χ4v) is 5.26. The summed E-state index contributed by atoms with van der Waals surface area (Å²) in [5.74, 6) is -1.34. The summed E-state index contributed by atoms with van der Waals surface area (Å²) in [5.41, 5.74) is -1.29. The van der Waals surface area contributed by atoms with Crippen LogP contribution in [0.1, 0.15) is 39.1 Å². The minimum atomic E-state index is -4.59. The van der Waals surface area contributed by atoms with Crippen LogP contribution in [0, 0.1) is 6.92 Å². The number of esters is 1. The summed E-state index contributed by atoms with van der Waals surface area (Å²) in [5, 5.41) is 12.6. The molecule has 0 spiro atoms. The Morgan fingerprint density at radius 2 is 1.85 bits per heavy atom. The van der Waals surface area contributed by atoms with E-state index >= 15 is 0 Å². The molecule has 0 aliphatic rings. The molecule has 3 heterocycles. The van der Waals surface area contributed by atoms with Gasteiger partial charge in [-0.15, -0.1) is 11.3 Å². The number of carbonyl (C=O) groups is 2. The van der Waals surface area contributed by atoms with Crippen LogP contribution in [0.3, 0.4) is 0 Å². The summed E-state index contributed by atoms with van der Waals surface area (Å²) >= 11 is 7.25. The Morgan fingerprint density at radius 3 is 2.51 bits per heavy atom. The Balaban J connectivity index is 1.63. The van der Waals surface area contributed by atoms with Crippen molar-refractivity contribution in [2.24, 2.45) is 0 Å². The van der Waals surface area contributed by atoms with Gasteiger partial charge in [0.1, 0.15) is 22.0 Å². The zero-order chi connectivity index (χ0) is 29.5. The standard InChI is InChI=1S/C27H18ClF3N4O5S/c1-3-39-26(38)22-17-12-41-24(20(17)25(37)35(33-22)15-10-8-14(9-11-15)27(29,30)31)32-23(36)19-13(2)40-34-21(19)16-6-4-5-7-18(16)28/h4-12H,3H2,1-2H3,(H,32,36).